The molecule has 0 spiro atoms. The van der Waals surface area contributed by atoms with E-state index in [1.165, 1.54) is 25.7 Å². The van der Waals surface area contributed by atoms with E-state index >= 15 is 0 Å². The number of nitrogens with two attached hydrogens (primary N) is 1. The van der Waals surface area contributed by atoms with Crippen molar-refractivity contribution in [2.45, 2.75) is 63.5 Å². The van der Waals surface area contributed by atoms with Crippen molar-refractivity contribution in [1.29, 1.82) is 0 Å². The van der Waals surface area contributed by atoms with E-state index in [1.807, 2.05) is 0 Å². The van der Waals surface area contributed by atoms with Gasteiger partial charge in [-0.1, -0.05) is 19.3 Å². The van der Waals surface area contributed by atoms with Crippen LogP contribution in [0.25, 0.3) is 0 Å². The molecule has 0 radical (unpaired) electrons. The minimum Gasteiger partial charge on any atom is -0.338 e. The number of hydrogen-bond donors (Lipinski definition) is 1. The highest BCUT2D eigenvalue weighted by atomic mass is 35.5. The maximum absolute atomic E-state index is 12.9. The van der Waals surface area contributed by atoms with Crippen molar-refractivity contribution >= 4 is 18.3 Å². The second-order valence-electron chi connectivity index (χ2n) is 6.90. The molecule has 2 saturated carbocycles. The largest absolute Gasteiger partial charge is 0.338 e. The number of carbonyl (C=O) groups is 1. The van der Waals surface area contributed by atoms with Gasteiger partial charge in [0.1, 0.15) is 0 Å². The maximum atomic E-state index is 12.9. The molecule has 5 heteroatoms. The van der Waals surface area contributed by atoms with E-state index in [9.17, 15) is 4.79 Å². The van der Waals surface area contributed by atoms with E-state index in [0.29, 0.717) is 11.9 Å². The number of likely N-dealkylation sites (N-methyl/N-ethyl adjacent to an activating group) is 1. The van der Waals surface area contributed by atoms with Crippen molar-refractivity contribution < 1.29 is 4.79 Å². The highest BCUT2D eigenvalue weighted by Crippen LogP contribution is 2.29. The van der Waals surface area contributed by atoms with E-state index in [2.05, 4.69) is 23.9 Å². The zero-order chi connectivity index (χ0) is 14.5. The van der Waals surface area contributed by atoms with Gasteiger partial charge in [0.25, 0.3) is 0 Å². The van der Waals surface area contributed by atoms with Gasteiger partial charge in [0.2, 0.25) is 5.91 Å². The van der Waals surface area contributed by atoms with Crippen LogP contribution in [-0.4, -0.2) is 55.0 Å². The Bertz CT molecular complexity index is 319. The summed E-state index contributed by atoms with van der Waals surface area (Å²) < 4.78 is 0. The first kappa shape index (κ1) is 18.7. The van der Waals surface area contributed by atoms with Crippen molar-refractivity contribution in [2.75, 3.05) is 27.2 Å². The number of halogens is 1. The van der Waals surface area contributed by atoms with Crippen molar-refractivity contribution in [2.24, 2.45) is 11.7 Å². The Hall–Kier alpha value is -0.320. The van der Waals surface area contributed by atoms with E-state index in [1.54, 1.807) is 0 Å². The molecule has 0 aromatic rings. The lowest BCUT2D eigenvalue weighted by Gasteiger charge is -2.35. The van der Waals surface area contributed by atoms with Gasteiger partial charge in [0.05, 0.1) is 0 Å². The average molecular weight is 318 g/mol. The molecule has 0 bridgehead atoms. The topological polar surface area (TPSA) is 49.6 Å². The minimum absolute atomic E-state index is 0. The highest BCUT2D eigenvalue weighted by molar-refractivity contribution is 5.85. The summed E-state index contributed by atoms with van der Waals surface area (Å²) in [5.74, 6) is 0.565. The van der Waals surface area contributed by atoms with Crippen LogP contribution in [0.5, 0.6) is 0 Å². The summed E-state index contributed by atoms with van der Waals surface area (Å²) in [5.41, 5.74) is 6.06. The fourth-order valence-corrected chi connectivity index (χ4v) is 3.68. The Morgan fingerprint density at radius 3 is 2.29 bits per heavy atom. The van der Waals surface area contributed by atoms with Crippen LogP contribution in [0.4, 0.5) is 0 Å². The van der Waals surface area contributed by atoms with Crippen LogP contribution in [-0.2, 0) is 4.79 Å². The molecule has 2 aliphatic carbocycles. The van der Waals surface area contributed by atoms with Crippen LogP contribution < -0.4 is 5.73 Å². The van der Waals surface area contributed by atoms with E-state index in [4.69, 9.17) is 5.73 Å². The summed E-state index contributed by atoms with van der Waals surface area (Å²) in [4.78, 5) is 17.3. The number of nitrogens with zero attached hydrogens (tertiary/aromatic N) is 2. The van der Waals surface area contributed by atoms with Gasteiger partial charge >= 0.3 is 0 Å². The first-order valence-corrected chi connectivity index (χ1v) is 8.28. The number of rotatable bonds is 5. The molecule has 0 heterocycles. The first-order chi connectivity index (χ1) is 9.58. The van der Waals surface area contributed by atoms with E-state index in [0.717, 1.165) is 38.8 Å². The Labute approximate surface area is 135 Å². The Morgan fingerprint density at radius 1 is 1.05 bits per heavy atom. The predicted octanol–water partition coefficient (Wildman–Crippen LogP) is 2.26. The lowest BCUT2D eigenvalue weighted by molar-refractivity contribution is -0.139. The van der Waals surface area contributed by atoms with Crippen LogP contribution in [0.15, 0.2) is 0 Å². The number of carbonyl (C=O) groups excluding carboxylic acids is 1. The van der Waals surface area contributed by atoms with Crippen molar-refractivity contribution in [1.82, 2.24) is 9.80 Å². The Kier molecular flexibility index (Phi) is 7.99. The van der Waals surface area contributed by atoms with Gasteiger partial charge in [0, 0.05) is 31.1 Å². The average Bonchev–Trinajstić information content (AvgIpc) is 2.92. The third-order valence-electron chi connectivity index (χ3n) is 4.90. The molecule has 21 heavy (non-hydrogen) atoms. The fourth-order valence-electron chi connectivity index (χ4n) is 3.68. The molecule has 0 aromatic carbocycles. The molecule has 2 N–H and O–H groups in total. The van der Waals surface area contributed by atoms with Gasteiger partial charge in [-0.05, 0) is 46.2 Å². The summed E-state index contributed by atoms with van der Waals surface area (Å²) in [5, 5.41) is 0. The van der Waals surface area contributed by atoms with Crippen molar-refractivity contribution in [3.05, 3.63) is 0 Å². The van der Waals surface area contributed by atoms with Gasteiger partial charge < -0.3 is 15.5 Å². The van der Waals surface area contributed by atoms with Crippen LogP contribution in [0.2, 0.25) is 0 Å². The number of hydrogen-bond acceptors (Lipinski definition) is 3. The quantitative estimate of drug-likeness (QED) is 0.846. The molecule has 2 fully saturated rings. The van der Waals surface area contributed by atoms with Gasteiger partial charge in [-0.3, -0.25) is 4.79 Å². The molecule has 0 aliphatic heterocycles. The molecule has 1 amide bonds. The zero-order valence-electron chi connectivity index (χ0n) is 13.6. The molecule has 2 atom stereocenters. The van der Waals surface area contributed by atoms with Crippen LogP contribution in [0.1, 0.15) is 51.4 Å². The molecule has 2 unspecified atom stereocenters. The summed E-state index contributed by atoms with van der Waals surface area (Å²) in [6, 6.07) is 0.720. The van der Waals surface area contributed by atoms with E-state index < -0.39 is 0 Å². The van der Waals surface area contributed by atoms with Crippen LogP contribution >= 0.6 is 12.4 Å². The molecule has 124 valence electrons. The van der Waals surface area contributed by atoms with E-state index in [-0.39, 0.29) is 24.4 Å². The van der Waals surface area contributed by atoms with Gasteiger partial charge in [0.15, 0.2) is 0 Å². The van der Waals surface area contributed by atoms with Gasteiger partial charge in [-0.15, -0.1) is 12.4 Å². The Morgan fingerprint density at radius 2 is 1.71 bits per heavy atom. The molecular formula is C16H32ClN3O. The molecule has 0 aromatic heterocycles. The third kappa shape index (κ3) is 5.42. The van der Waals surface area contributed by atoms with Crippen molar-refractivity contribution in [3.63, 3.8) is 0 Å². The standard InChI is InChI=1S/C16H31N3O.ClH/c1-18(2)10-11-19(15-8-3-4-9-15)16(20)13-6-5-7-14(17)12-13;/h13-15H,3-12,17H2,1-2H3;1H. The lowest BCUT2D eigenvalue weighted by atomic mass is 9.85. The highest BCUT2D eigenvalue weighted by Gasteiger charge is 2.33. The minimum atomic E-state index is 0. The molecule has 2 aliphatic rings. The molecule has 4 nitrogen and oxygen atoms in total. The first-order valence-electron chi connectivity index (χ1n) is 8.28. The SMILES string of the molecule is CN(C)CCN(C(=O)C1CCCC(N)C1)C1CCCC1.Cl. The third-order valence-corrected chi connectivity index (χ3v) is 4.90. The predicted molar refractivity (Wildman–Crippen MR) is 89.7 cm³/mol. The van der Waals surface area contributed by atoms with Crippen LogP contribution in [0, 0.1) is 5.92 Å². The number of amides is 1. The maximum Gasteiger partial charge on any atom is 0.226 e. The fraction of sp³-hybridized carbons (Fsp3) is 0.938. The molecular weight excluding hydrogens is 286 g/mol. The summed E-state index contributed by atoms with van der Waals surface area (Å²) >= 11 is 0. The van der Waals surface area contributed by atoms with Crippen LogP contribution in [0.3, 0.4) is 0 Å². The monoisotopic (exact) mass is 317 g/mol. The molecule has 2 rings (SSSR count). The lowest BCUT2D eigenvalue weighted by Crippen LogP contribution is -2.47. The summed E-state index contributed by atoms with van der Waals surface area (Å²) in [6.07, 6.45) is 9.08. The second-order valence-corrected chi connectivity index (χ2v) is 6.90. The summed E-state index contributed by atoms with van der Waals surface area (Å²) in [6.45, 7) is 1.84. The molecule has 0 saturated heterocycles. The van der Waals surface area contributed by atoms with Gasteiger partial charge in [-0.2, -0.15) is 0 Å². The smallest absolute Gasteiger partial charge is 0.226 e. The van der Waals surface area contributed by atoms with Crippen molar-refractivity contribution in [3.8, 4) is 0 Å². The second kappa shape index (κ2) is 8.96. The normalized spacial score (nSPS) is 26.7. The summed E-state index contributed by atoms with van der Waals surface area (Å²) in [7, 11) is 4.15. The Balaban J connectivity index is 0.00000220. The zero-order valence-corrected chi connectivity index (χ0v) is 14.4. The van der Waals surface area contributed by atoms with Gasteiger partial charge in [-0.25, -0.2) is 0 Å².